The van der Waals surface area contributed by atoms with Crippen molar-refractivity contribution in [2.75, 3.05) is 6.61 Å². The van der Waals surface area contributed by atoms with Gasteiger partial charge in [-0.2, -0.15) is 0 Å². The van der Waals surface area contributed by atoms with Gasteiger partial charge < -0.3 is 5.11 Å². The summed E-state index contributed by atoms with van der Waals surface area (Å²) in [5.41, 5.74) is 3.75. The quantitative estimate of drug-likeness (QED) is 0.789. The molecule has 20 heavy (non-hydrogen) atoms. The van der Waals surface area contributed by atoms with Crippen LogP contribution in [0.4, 0.5) is 0 Å². The van der Waals surface area contributed by atoms with Gasteiger partial charge in [0.05, 0.1) is 0 Å². The molecule has 0 radical (unpaired) electrons. The van der Waals surface area contributed by atoms with E-state index in [1.807, 2.05) is 0 Å². The largest absolute Gasteiger partial charge is 0.396 e. The van der Waals surface area contributed by atoms with Crippen molar-refractivity contribution in [2.45, 2.75) is 64.2 Å². The van der Waals surface area contributed by atoms with Gasteiger partial charge in [0.15, 0.2) is 0 Å². The van der Waals surface area contributed by atoms with Crippen LogP contribution in [0.1, 0.15) is 68.9 Å². The monoisotopic (exact) mass is 272 g/mol. The van der Waals surface area contributed by atoms with Gasteiger partial charge in [0, 0.05) is 6.61 Å². The number of aliphatic hydroxyl groups excluding tert-OH is 1. The van der Waals surface area contributed by atoms with Crippen LogP contribution in [0.2, 0.25) is 0 Å². The molecule has 1 aromatic rings. The lowest BCUT2D eigenvalue weighted by Crippen LogP contribution is -2.40. The molecule has 1 heteroatoms. The second-order valence-electron chi connectivity index (χ2n) is 7.10. The highest BCUT2D eigenvalue weighted by Gasteiger charge is 2.46. The standard InChI is InChI=1S/C19H28O/c1-19-13-12-15-7-2-3-10-17(15)18(19)11-6-9-16(19)8-4-5-14-20/h2-3,7,10,16,18,20H,4-6,8-9,11-14H2,1H3. The van der Waals surface area contributed by atoms with Crippen LogP contribution >= 0.6 is 0 Å². The fraction of sp³-hybridized carbons (Fsp3) is 0.684. The average Bonchev–Trinajstić information content (AvgIpc) is 2.48. The highest BCUT2D eigenvalue weighted by molar-refractivity contribution is 5.35. The third-order valence-corrected chi connectivity index (χ3v) is 6.10. The predicted molar refractivity (Wildman–Crippen MR) is 83.9 cm³/mol. The summed E-state index contributed by atoms with van der Waals surface area (Å²) < 4.78 is 0. The lowest BCUT2D eigenvalue weighted by Gasteiger charge is -2.51. The number of hydrogen-bond acceptors (Lipinski definition) is 1. The Kier molecular flexibility index (Phi) is 4.16. The van der Waals surface area contributed by atoms with E-state index in [1.54, 1.807) is 11.1 Å². The maximum absolute atomic E-state index is 9.02. The molecule has 110 valence electrons. The Labute approximate surface area is 123 Å². The van der Waals surface area contributed by atoms with Crippen molar-refractivity contribution in [1.82, 2.24) is 0 Å². The first kappa shape index (κ1) is 14.1. The summed E-state index contributed by atoms with van der Waals surface area (Å²) in [6.45, 7) is 2.91. The molecule has 1 nitrogen and oxygen atoms in total. The number of rotatable bonds is 4. The molecular weight excluding hydrogens is 244 g/mol. The molecule has 1 aromatic carbocycles. The highest BCUT2D eigenvalue weighted by atomic mass is 16.2. The van der Waals surface area contributed by atoms with Gasteiger partial charge in [0.25, 0.3) is 0 Å². The predicted octanol–water partition coefficient (Wildman–Crippen LogP) is 4.69. The van der Waals surface area contributed by atoms with Crippen molar-refractivity contribution in [3.63, 3.8) is 0 Å². The van der Waals surface area contributed by atoms with E-state index < -0.39 is 0 Å². The van der Waals surface area contributed by atoms with E-state index in [9.17, 15) is 0 Å². The summed E-state index contributed by atoms with van der Waals surface area (Å²) in [6.07, 6.45) is 10.3. The van der Waals surface area contributed by atoms with Gasteiger partial charge in [-0.25, -0.2) is 0 Å². The molecule has 1 fully saturated rings. The molecule has 3 rings (SSSR count). The molecule has 3 unspecified atom stereocenters. The Morgan fingerprint density at radius 1 is 1.20 bits per heavy atom. The number of aryl methyl sites for hydroxylation is 1. The van der Waals surface area contributed by atoms with Crippen LogP contribution in [0.15, 0.2) is 24.3 Å². The molecule has 0 bridgehead atoms. The number of unbranched alkanes of at least 4 members (excludes halogenated alkanes) is 1. The molecule has 1 N–H and O–H groups in total. The average molecular weight is 272 g/mol. The van der Waals surface area contributed by atoms with Gasteiger partial charge >= 0.3 is 0 Å². The summed E-state index contributed by atoms with van der Waals surface area (Å²) in [6, 6.07) is 9.14. The van der Waals surface area contributed by atoms with E-state index in [-0.39, 0.29) is 0 Å². The van der Waals surface area contributed by atoms with Crippen molar-refractivity contribution in [3.8, 4) is 0 Å². The summed E-state index contributed by atoms with van der Waals surface area (Å²) in [7, 11) is 0. The highest BCUT2D eigenvalue weighted by Crippen LogP contribution is 2.57. The summed E-state index contributed by atoms with van der Waals surface area (Å²) in [5, 5.41) is 9.02. The third-order valence-electron chi connectivity index (χ3n) is 6.10. The molecule has 0 saturated heterocycles. The molecule has 0 aliphatic heterocycles. The van der Waals surface area contributed by atoms with Crippen molar-refractivity contribution in [2.24, 2.45) is 11.3 Å². The van der Waals surface area contributed by atoms with Gasteiger partial charge in [-0.15, -0.1) is 0 Å². The Bertz CT molecular complexity index is 453. The Morgan fingerprint density at radius 2 is 2.05 bits per heavy atom. The molecule has 1 saturated carbocycles. The fourth-order valence-electron chi connectivity index (χ4n) is 4.88. The van der Waals surface area contributed by atoms with Gasteiger partial charge in [-0.3, -0.25) is 0 Å². The molecule has 0 amide bonds. The summed E-state index contributed by atoms with van der Waals surface area (Å²) in [4.78, 5) is 0. The Hall–Kier alpha value is -0.820. The zero-order valence-electron chi connectivity index (χ0n) is 12.8. The number of fused-ring (bicyclic) bond motifs is 3. The second-order valence-corrected chi connectivity index (χ2v) is 7.10. The Morgan fingerprint density at radius 3 is 2.90 bits per heavy atom. The summed E-state index contributed by atoms with van der Waals surface area (Å²) in [5.74, 6) is 1.64. The zero-order chi connectivity index (χ0) is 14.0. The SMILES string of the molecule is CC12CCc3ccccc3C1CCCC2CCCCO. The van der Waals surface area contributed by atoms with Crippen LogP contribution in [0.5, 0.6) is 0 Å². The minimum Gasteiger partial charge on any atom is -0.396 e. The van der Waals surface area contributed by atoms with Crippen LogP contribution < -0.4 is 0 Å². The van der Waals surface area contributed by atoms with Crippen LogP contribution in [-0.4, -0.2) is 11.7 Å². The van der Waals surface area contributed by atoms with E-state index in [0.29, 0.717) is 12.0 Å². The summed E-state index contributed by atoms with van der Waals surface area (Å²) >= 11 is 0. The van der Waals surface area contributed by atoms with E-state index in [1.165, 1.54) is 44.9 Å². The van der Waals surface area contributed by atoms with Gasteiger partial charge in [-0.1, -0.05) is 44.0 Å². The molecule has 0 heterocycles. The topological polar surface area (TPSA) is 20.2 Å². The van der Waals surface area contributed by atoms with Gasteiger partial charge in [0.2, 0.25) is 0 Å². The molecule has 2 aliphatic carbocycles. The third kappa shape index (κ3) is 2.41. The van der Waals surface area contributed by atoms with Crippen molar-refractivity contribution >= 4 is 0 Å². The van der Waals surface area contributed by atoms with Crippen molar-refractivity contribution < 1.29 is 5.11 Å². The van der Waals surface area contributed by atoms with Crippen LogP contribution in [-0.2, 0) is 6.42 Å². The minimum absolute atomic E-state index is 0.357. The van der Waals surface area contributed by atoms with Gasteiger partial charge in [-0.05, 0) is 66.9 Å². The number of hydrogen-bond donors (Lipinski definition) is 1. The number of benzene rings is 1. The lowest BCUT2D eigenvalue weighted by molar-refractivity contribution is 0.0567. The minimum atomic E-state index is 0.357. The molecule has 0 aromatic heterocycles. The molecule has 0 spiro atoms. The van der Waals surface area contributed by atoms with Crippen LogP contribution in [0, 0.1) is 11.3 Å². The van der Waals surface area contributed by atoms with E-state index in [0.717, 1.165) is 18.3 Å². The Balaban J connectivity index is 1.82. The first-order valence-corrected chi connectivity index (χ1v) is 8.44. The van der Waals surface area contributed by atoms with Crippen LogP contribution in [0.3, 0.4) is 0 Å². The second kappa shape index (κ2) is 5.89. The van der Waals surface area contributed by atoms with E-state index >= 15 is 0 Å². The fourth-order valence-corrected chi connectivity index (χ4v) is 4.88. The van der Waals surface area contributed by atoms with E-state index in [2.05, 4.69) is 31.2 Å². The lowest BCUT2D eigenvalue weighted by atomic mass is 9.53. The molecular formula is C19H28O. The smallest absolute Gasteiger partial charge is 0.0431 e. The van der Waals surface area contributed by atoms with Crippen molar-refractivity contribution in [1.29, 1.82) is 0 Å². The van der Waals surface area contributed by atoms with Crippen molar-refractivity contribution in [3.05, 3.63) is 35.4 Å². The maximum atomic E-state index is 9.02. The molecule has 3 atom stereocenters. The maximum Gasteiger partial charge on any atom is 0.0431 e. The molecule has 2 aliphatic rings. The zero-order valence-corrected chi connectivity index (χ0v) is 12.8. The normalized spacial score (nSPS) is 32.5. The van der Waals surface area contributed by atoms with Crippen LogP contribution in [0.25, 0.3) is 0 Å². The van der Waals surface area contributed by atoms with Gasteiger partial charge in [0.1, 0.15) is 0 Å². The van der Waals surface area contributed by atoms with E-state index in [4.69, 9.17) is 5.11 Å². The first-order valence-electron chi connectivity index (χ1n) is 8.44. The first-order chi connectivity index (χ1) is 9.75. The number of aliphatic hydroxyl groups is 1.